The highest BCUT2D eigenvalue weighted by Crippen LogP contribution is 2.48. The van der Waals surface area contributed by atoms with Gasteiger partial charge in [-0.3, -0.25) is 4.79 Å². The van der Waals surface area contributed by atoms with Crippen LogP contribution in [-0.4, -0.2) is 39.7 Å². The molecule has 3 N–H and O–H groups in total. The average molecular weight is 397 g/mol. The Hall–Kier alpha value is -1.20. The van der Waals surface area contributed by atoms with Gasteiger partial charge in [0.15, 0.2) is 0 Å². The first-order valence-electron chi connectivity index (χ1n) is 10.9. The SMILES string of the molecule is CCCC1(C(O)CC=C[C@@H]2[C@@H](CC=CCCCC(=O)O)[C@H](F)C[C@H]2O)CCC1. The first-order valence-corrected chi connectivity index (χ1v) is 10.9. The van der Waals surface area contributed by atoms with E-state index < -0.39 is 18.2 Å². The molecule has 0 spiro atoms. The van der Waals surface area contributed by atoms with Crippen molar-refractivity contribution in [2.45, 2.75) is 95.9 Å². The lowest BCUT2D eigenvalue weighted by molar-refractivity contribution is -0.137. The van der Waals surface area contributed by atoms with Crippen LogP contribution in [0, 0.1) is 17.3 Å². The third-order valence-corrected chi connectivity index (χ3v) is 6.73. The minimum atomic E-state index is -1.03. The molecule has 0 aromatic heterocycles. The third kappa shape index (κ3) is 6.15. The van der Waals surface area contributed by atoms with Crippen LogP contribution < -0.4 is 0 Å². The van der Waals surface area contributed by atoms with Gasteiger partial charge in [0.2, 0.25) is 0 Å². The minimum Gasteiger partial charge on any atom is -0.481 e. The molecule has 0 aromatic rings. The number of allylic oxidation sites excluding steroid dienone is 2. The quantitative estimate of drug-likeness (QED) is 0.327. The first kappa shape index (κ1) is 23.1. The highest BCUT2D eigenvalue weighted by atomic mass is 19.1. The van der Waals surface area contributed by atoms with E-state index in [9.17, 15) is 19.4 Å². The highest BCUT2D eigenvalue weighted by Gasteiger charge is 2.42. The Bertz CT molecular complexity index is 541. The minimum absolute atomic E-state index is 0.0636. The Kier molecular flexibility index (Phi) is 9.16. The fourth-order valence-corrected chi connectivity index (χ4v) is 4.90. The molecule has 2 aliphatic rings. The van der Waals surface area contributed by atoms with Crippen LogP contribution in [0.25, 0.3) is 0 Å². The van der Waals surface area contributed by atoms with Gasteiger partial charge in [-0.05, 0) is 50.4 Å². The molecule has 5 heteroatoms. The fraction of sp³-hybridized carbons (Fsp3) is 0.783. The molecule has 160 valence electrons. The zero-order valence-corrected chi connectivity index (χ0v) is 17.1. The van der Waals surface area contributed by atoms with Gasteiger partial charge in [-0.25, -0.2) is 4.39 Å². The van der Waals surface area contributed by atoms with Crippen LogP contribution in [0.3, 0.4) is 0 Å². The van der Waals surface area contributed by atoms with Crippen molar-refractivity contribution in [3.05, 3.63) is 24.3 Å². The summed E-state index contributed by atoms with van der Waals surface area (Å²) in [6.45, 7) is 2.15. The second-order valence-corrected chi connectivity index (χ2v) is 8.70. The van der Waals surface area contributed by atoms with Gasteiger partial charge in [0.1, 0.15) is 6.17 Å². The van der Waals surface area contributed by atoms with Crippen molar-refractivity contribution in [3.63, 3.8) is 0 Å². The number of carbonyl (C=O) groups is 1. The zero-order valence-electron chi connectivity index (χ0n) is 17.1. The van der Waals surface area contributed by atoms with E-state index in [4.69, 9.17) is 5.11 Å². The Morgan fingerprint density at radius 1 is 1.29 bits per heavy atom. The lowest BCUT2D eigenvalue weighted by Gasteiger charge is -2.45. The summed E-state index contributed by atoms with van der Waals surface area (Å²) >= 11 is 0. The number of rotatable bonds is 12. The second-order valence-electron chi connectivity index (χ2n) is 8.70. The molecule has 4 nitrogen and oxygen atoms in total. The van der Waals surface area contributed by atoms with Gasteiger partial charge in [0.25, 0.3) is 0 Å². The van der Waals surface area contributed by atoms with Gasteiger partial charge >= 0.3 is 5.97 Å². The van der Waals surface area contributed by atoms with Crippen molar-refractivity contribution in [3.8, 4) is 0 Å². The van der Waals surface area contributed by atoms with Gasteiger partial charge < -0.3 is 15.3 Å². The monoisotopic (exact) mass is 396 g/mol. The van der Waals surface area contributed by atoms with Gasteiger partial charge in [0, 0.05) is 24.7 Å². The third-order valence-electron chi connectivity index (χ3n) is 6.73. The van der Waals surface area contributed by atoms with Crippen LogP contribution in [0.5, 0.6) is 0 Å². The molecule has 1 unspecified atom stereocenters. The lowest BCUT2D eigenvalue weighted by atomic mass is 9.62. The molecule has 0 saturated heterocycles. The number of alkyl halides is 1. The Labute approximate surface area is 168 Å². The molecular formula is C23H37FO4. The predicted molar refractivity (Wildman–Crippen MR) is 109 cm³/mol. The van der Waals surface area contributed by atoms with Crippen LogP contribution in [-0.2, 0) is 4.79 Å². The average Bonchev–Trinajstić information content (AvgIpc) is 2.87. The molecule has 0 aliphatic heterocycles. The lowest BCUT2D eigenvalue weighted by Crippen LogP contribution is -2.41. The van der Waals surface area contributed by atoms with E-state index in [1.807, 2.05) is 24.3 Å². The maximum Gasteiger partial charge on any atom is 0.303 e. The smallest absolute Gasteiger partial charge is 0.303 e. The van der Waals surface area contributed by atoms with Crippen LogP contribution in [0.4, 0.5) is 4.39 Å². The summed E-state index contributed by atoms with van der Waals surface area (Å²) in [6.07, 6.45) is 13.8. The largest absolute Gasteiger partial charge is 0.481 e. The van der Waals surface area contributed by atoms with E-state index >= 15 is 0 Å². The number of halogens is 1. The van der Waals surface area contributed by atoms with Crippen molar-refractivity contribution in [2.75, 3.05) is 0 Å². The number of hydrogen-bond donors (Lipinski definition) is 3. The standard InChI is InChI=1S/C23H37FO4/c1-2-13-23(14-8-15-23)21(26)11-7-10-18-17(19(24)16-20(18)25)9-5-3-4-6-12-22(27)28/h3,5,7,10,17-21,25-26H,2,4,6,8-9,11-16H2,1H3,(H,27,28)/t17-,18-,19-,20-,21?/m1/s1. The predicted octanol–water partition coefficient (Wildman–Crippen LogP) is 4.80. The number of unbranched alkanes of at least 4 members (excludes halogenated alkanes) is 1. The van der Waals surface area contributed by atoms with E-state index in [1.165, 1.54) is 6.42 Å². The maximum atomic E-state index is 14.4. The molecule has 28 heavy (non-hydrogen) atoms. The van der Waals surface area contributed by atoms with E-state index in [2.05, 4.69) is 6.92 Å². The van der Waals surface area contributed by atoms with E-state index in [0.29, 0.717) is 25.7 Å². The maximum absolute atomic E-state index is 14.4. The summed E-state index contributed by atoms with van der Waals surface area (Å²) in [6, 6.07) is 0. The molecule has 0 bridgehead atoms. The highest BCUT2D eigenvalue weighted by molar-refractivity contribution is 5.66. The van der Waals surface area contributed by atoms with E-state index in [0.717, 1.165) is 25.7 Å². The summed E-state index contributed by atoms with van der Waals surface area (Å²) in [7, 11) is 0. The summed E-state index contributed by atoms with van der Waals surface area (Å²) in [5.41, 5.74) is 0.0636. The van der Waals surface area contributed by atoms with E-state index in [-0.39, 0.29) is 36.2 Å². The topological polar surface area (TPSA) is 77.8 Å². The summed E-state index contributed by atoms with van der Waals surface area (Å²) in [5.74, 6) is -1.28. The summed E-state index contributed by atoms with van der Waals surface area (Å²) in [5, 5.41) is 29.5. The number of aliphatic hydroxyl groups is 2. The molecule has 0 heterocycles. The zero-order chi connectivity index (χ0) is 20.6. The van der Waals surface area contributed by atoms with Gasteiger partial charge in [-0.1, -0.05) is 44.1 Å². The number of carboxylic acids is 1. The molecule has 2 fully saturated rings. The van der Waals surface area contributed by atoms with Crippen molar-refractivity contribution in [1.82, 2.24) is 0 Å². The second kappa shape index (κ2) is 11.1. The Balaban J connectivity index is 1.84. The van der Waals surface area contributed by atoms with Crippen molar-refractivity contribution in [1.29, 1.82) is 0 Å². The van der Waals surface area contributed by atoms with Crippen LogP contribution in [0.1, 0.15) is 77.6 Å². The molecule has 2 aliphatic carbocycles. The summed E-state index contributed by atoms with van der Waals surface area (Å²) in [4.78, 5) is 10.5. The molecular weight excluding hydrogens is 359 g/mol. The van der Waals surface area contributed by atoms with Crippen molar-refractivity contribution >= 4 is 5.97 Å². The number of hydrogen-bond acceptors (Lipinski definition) is 3. The molecule has 2 saturated carbocycles. The molecule has 0 radical (unpaired) electrons. The Morgan fingerprint density at radius 3 is 2.64 bits per heavy atom. The van der Waals surface area contributed by atoms with Crippen molar-refractivity contribution < 1.29 is 24.5 Å². The van der Waals surface area contributed by atoms with E-state index in [1.54, 1.807) is 0 Å². The van der Waals surface area contributed by atoms with Crippen LogP contribution in [0.15, 0.2) is 24.3 Å². The van der Waals surface area contributed by atoms with Gasteiger partial charge in [0.05, 0.1) is 12.2 Å². The van der Waals surface area contributed by atoms with Gasteiger partial charge in [-0.15, -0.1) is 0 Å². The van der Waals surface area contributed by atoms with Gasteiger partial charge in [-0.2, -0.15) is 0 Å². The number of aliphatic carboxylic acids is 1. The number of carboxylic acid groups (broad SMARTS) is 1. The number of aliphatic hydroxyl groups excluding tert-OH is 2. The molecule has 0 aromatic carbocycles. The molecule has 0 amide bonds. The van der Waals surface area contributed by atoms with Crippen molar-refractivity contribution in [2.24, 2.45) is 17.3 Å². The van der Waals surface area contributed by atoms with Crippen LogP contribution >= 0.6 is 0 Å². The summed E-state index contributed by atoms with van der Waals surface area (Å²) < 4.78 is 14.4. The normalized spacial score (nSPS) is 30.7. The molecule has 2 rings (SSSR count). The molecule has 5 atom stereocenters. The fourth-order valence-electron chi connectivity index (χ4n) is 4.90. The van der Waals surface area contributed by atoms with Crippen LogP contribution in [0.2, 0.25) is 0 Å². The Morgan fingerprint density at radius 2 is 2.04 bits per heavy atom. The first-order chi connectivity index (χ1) is 13.4.